The van der Waals surface area contributed by atoms with Crippen molar-refractivity contribution in [3.05, 3.63) is 0 Å². The summed E-state index contributed by atoms with van der Waals surface area (Å²) in [5.41, 5.74) is 0. The lowest BCUT2D eigenvalue weighted by atomic mass is 10.0. The molecule has 0 aromatic carbocycles. The lowest BCUT2D eigenvalue weighted by molar-refractivity contribution is -0.167. The quantitative estimate of drug-likeness (QED) is 0.0353. The van der Waals surface area contributed by atoms with Gasteiger partial charge in [0, 0.05) is 19.3 Å². The number of ether oxygens (including phenoxy) is 3. The summed E-state index contributed by atoms with van der Waals surface area (Å²) >= 11 is 0. The molecule has 0 unspecified atom stereocenters. The third-order valence-corrected chi connectivity index (χ3v) is 10.4. The number of hydrogen-bond donors (Lipinski definition) is 0. The first-order valence-electron chi connectivity index (χ1n) is 23.0. The van der Waals surface area contributed by atoms with Gasteiger partial charge in [-0.3, -0.25) is 14.4 Å². The van der Waals surface area contributed by atoms with Crippen molar-refractivity contribution in [3.63, 3.8) is 0 Å². The van der Waals surface area contributed by atoms with E-state index in [9.17, 15) is 14.4 Å². The Labute approximate surface area is 323 Å². The molecule has 308 valence electrons. The third kappa shape index (κ3) is 39.6. The summed E-state index contributed by atoms with van der Waals surface area (Å²) in [6.07, 6.45) is 42.3. The van der Waals surface area contributed by atoms with Gasteiger partial charge < -0.3 is 14.2 Å². The zero-order valence-electron chi connectivity index (χ0n) is 35.1. The minimum atomic E-state index is -0.757. The Kier molecular flexibility index (Phi) is 40.9. The molecule has 0 N–H and O–H groups in total. The topological polar surface area (TPSA) is 78.9 Å². The molecule has 0 radical (unpaired) electrons. The predicted octanol–water partition coefficient (Wildman–Crippen LogP) is 14.5. The van der Waals surface area contributed by atoms with Gasteiger partial charge in [-0.15, -0.1) is 0 Å². The fraction of sp³-hybridized carbons (Fsp3) is 0.935. The highest BCUT2D eigenvalue weighted by atomic mass is 16.6. The molecule has 6 heteroatoms. The number of hydrogen-bond acceptors (Lipinski definition) is 6. The van der Waals surface area contributed by atoms with Crippen molar-refractivity contribution in [2.24, 2.45) is 0 Å². The van der Waals surface area contributed by atoms with Crippen LogP contribution in [0.15, 0.2) is 0 Å². The Hall–Kier alpha value is -1.59. The van der Waals surface area contributed by atoms with Gasteiger partial charge in [-0.2, -0.15) is 0 Å². The first-order valence-corrected chi connectivity index (χ1v) is 23.0. The number of carbonyl (C=O) groups is 3. The molecule has 6 nitrogen and oxygen atoms in total. The highest BCUT2D eigenvalue weighted by molar-refractivity contribution is 5.71. The van der Waals surface area contributed by atoms with Crippen molar-refractivity contribution < 1.29 is 28.6 Å². The predicted molar refractivity (Wildman–Crippen MR) is 220 cm³/mol. The fourth-order valence-electron chi connectivity index (χ4n) is 6.85. The van der Waals surface area contributed by atoms with E-state index in [2.05, 4.69) is 20.8 Å². The second-order valence-corrected chi connectivity index (χ2v) is 15.7. The van der Waals surface area contributed by atoms with Gasteiger partial charge in [-0.05, 0) is 19.3 Å². The molecule has 0 aromatic rings. The standard InChI is InChI=1S/C46H88O6/c1-4-7-10-13-16-19-20-21-22-23-24-25-28-30-33-36-39-45(48)51-42-43(52-46(49)40-37-34-31-27-18-15-12-9-6-3)41-50-44(47)38-35-32-29-26-17-14-11-8-5-2/h43H,4-42H2,1-3H3/t43-/m0/s1. The SMILES string of the molecule is CCCCCCCCCCCCCCCCCCC(=O)OC[C@H](COC(=O)CCCCCCCCCCC)OC(=O)CCCCCCCCCCC. The first-order chi connectivity index (χ1) is 25.5. The summed E-state index contributed by atoms with van der Waals surface area (Å²) in [7, 11) is 0. The van der Waals surface area contributed by atoms with Crippen LogP contribution in [0.2, 0.25) is 0 Å². The third-order valence-electron chi connectivity index (χ3n) is 10.4. The minimum Gasteiger partial charge on any atom is -0.462 e. The Morgan fingerprint density at radius 2 is 0.519 bits per heavy atom. The molecule has 0 aromatic heterocycles. The minimum absolute atomic E-state index is 0.0630. The van der Waals surface area contributed by atoms with Gasteiger partial charge in [0.1, 0.15) is 13.2 Å². The average Bonchev–Trinajstić information content (AvgIpc) is 3.14. The Balaban J connectivity index is 4.23. The molecule has 0 amide bonds. The molecule has 0 bridgehead atoms. The summed E-state index contributed by atoms with van der Waals surface area (Å²) in [5, 5.41) is 0. The van der Waals surface area contributed by atoms with Crippen LogP contribution in [-0.4, -0.2) is 37.2 Å². The monoisotopic (exact) mass is 737 g/mol. The smallest absolute Gasteiger partial charge is 0.306 e. The van der Waals surface area contributed by atoms with Crippen LogP contribution in [0.3, 0.4) is 0 Å². The largest absolute Gasteiger partial charge is 0.462 e. The Morgan fingerprint density at radius 1 is 0.308 bits per heavy atom. The highest BCUT2D eigenvalue weighted by Crippen LogP contribution is 2.16. The molecule has 0 heterocycles. The van der Waals surface area contributed by atoms with Crippen molar-refractivity contribution in [2.75, 3.05) is 13.2 Å². The first kappa shape index (κ1) is 50.4. The van der Waals surface area contributed by atoms with Crippen LogP contribution in [0.1, 0.15) is 258 Å². The van der Waals surface area contributed by atoms with Gasteiger partial charge in [0.25, 0.3) is 0 Å². The summed E-state index contributed by atoms with van der Waals surface area (Å²) < 4.78 is 16.7. The van der Waals surface area contributed by atoms with Gasteiger partial charge in [0.15, 0.2) is 6.10 Å². The van der Waals surface area contributed by atoms with E-state index in [1.54, 1.807) is 0 Å². The molecular formula is C46H88O6. The summed E-state index contributed by atoms with van der Waals surface area (Å²) in [5.74, 6) is -0.856. The Morgan fingerprint density at radius 3 is 0.769 bits per heavy atom. The van der Waals surface area contributed by atoms with Crippen LogP contribution in [0.25, 0.3) is 0 Å². The van der Waals surface area contributed by atoms with E-state index >= 15 is 0 Å². The summed E-state index contributed by atoms with van der Waals surface area (Å²) in [4.78, 5) is 37.6. The van der Waals surface area contributed by atoms with Crippen LogP contribution in [0.5, 0.6) is 0 Å². The molecule has 0 aliphatic heterocycles. The van der Waals surface area contributed by atoms with Gasteiger partial charge in [0.2, 0.25) is 0 Å². The lowest BCUT2D eigenvalue weighted by Gasteiger charge is -2.18. The van der Waals surface area contributed by atoms with Crippen molar-refractivity contribution in [3.8, 4) is 0 Å². The molecule has 0 fully saturated rings. The highest BCUT2D eigenvalue weighted by Gasteiger charge is 2.19. The van der Waals surface area contributed by atoms with Crippen LogP contribution < -0.4 is 0 Å². The maximum atomic E-state index is 12.6. The summed E-state index contributed by atoms with van der Waals surface area (Å²) in [6, 6.07) is 0. The molecule has 0 aliphatic rings. The molecule has 0 aliphatic carbocycles. The van der Waals surface area contributed by atoms with E-state index in [-0.39, 0.29) is 31.1 Å². The van der Waals surface area contributed by atoms with Crippen molar-refractivity contribution in [2.45, 2.75) is 264 Å². The van der Waals surface area contributed by atoms with Gasteiger partial charge in [-0.25, -0.2) is 0 Å². The van der Waals surface area contributed by atoms with Crippen LogP contribution >= 0.6 is 0 Å². The van der Waals surface area contributed by atoms with Crippen LogP contribution in [0, 0.1) is 0 Å². The number of unbranched alkanes of at least 4 members (excludes halogenated alkanes) is 31. The normalized spacial score (nSPS) is 11.8. The molecule has 0 saturated heterocycles. The summed E-state index contributed by atoms with van der Waals surface area (Å²) in [6.45, 7) is 6.62. The zero-order valence-corrected chi connectivity index (χ0v) is 35.1. The van der Waals surface area contributed by atoms with Crippen LogP contribution in [-0.2, 0) is 28.6 Å². The molecular weight excluding hydrogens is 648 g/mol. The van der Waals surface area contributed by atoms with Crippen LogP contribution in [0.4, 0.5) is 0 Å². The number of esters is 3. The maximum absolute atomic E-state index is 12.6. The van der Waals surface area contributed by atoms with Crippen molar-refractivity contribution in [1.29, 1.82) is 0 Å². The van der Waals surface area contributed by atoms with E-state index in [4.69, 9.17) is 14.2 Å². The Bertz CT molecular complexity index is 768. The van der Waals surface area contributed by atoms with Gasteiger partial charge in [0.05, 0.1) is 0 Å². The second-order valence-electron chi connectivity index (χ2n) is 15.7. The van der Waals surface area contributed by atoms with E-state index < -0.39 is 6.10 Å². The molecule has 0 rings (SSSR count). The molecule has 0 spiro atoms. The maximum Gasteiger partial charge on any atom is 0.306 e. The van der Waals surface area contributed by atoms with Crippen molar-refractivity contribution >= 4 is 17.9 Å². The average molecular weight is 737 g/mol. The van der Waals surface area contributed by atoms with Gasteiger partial charge in [-0.1, -0.05) is 220 Å². The number of rotatable bonds is 42. The van der Waals surface area contributed by atoms with Gasteiger partial charge >= 0.3 is 17.9 Å². The van der Waals surface area contributed by atoms with E-state index in [0.717, 1.165) is 57.8 Å². The number of carbonyl (C=O) groups excluding carboxylic acids is 3. The van der Waals surface area contributed by atoms with E-state index in [1.807, 2.05) is 0 Å². The second kappa shape index (κ2) is 42.2. The van der Waals surface area contributed by atoms with Crippen molar-refractivity contribution in [1.82, 2.24) is 0 Å². The fourth-order valence-corrected chi connectivity index (χ4v) is 6.85. The lowest BCUT2D eigenvalue weighted by Crippen LogP contribution is -2.30. The zero-order chi connectivity index (χ0) is 38.0. The molecule has 1 atom stereocenters. The molecule has 0 saturated carbocycles. The van der Waals surface area contributed by atoms with E-state index in [1.165, 1.54) is 161 Å². The molecule has 52 heavy (non-hydrogen) atoms. The van der Waals surface area contributed by atoms with E-state index in [0.29, 0.717) is 19.3 Å².